The van der Waals surface area contributed by atoms with Gasteiger partial charge in [-0.05, 0) is 23.8 Å². The average molecular weight is 300 g/mol. The van der Waals surface area contributed by atoms with Crippen LogP contribution in [0.2, 0.25) is 0 Å². The van der Waals surface area contributed by atoms with Gasteiger partial charge in [0.15, 0.2) is 0 Å². The predicted octanol–water partition coefficient (Wildman–Crippen LogP) is 3.64. The summed E-state index contributed by atoms with van der Waals surface area (Å²) in [5.41, 5.74) is 1.71. The van der Waals surface area contributed by atoms with Crippen LogP contribution in [-0.4, -0.2) is 10.5 Å². The van der Waals surface area contributed by atoms with Gasteiger partial charge in [0.25, 0.3) is 0 Å². The fourth-order valence-corrected chi connectivity index (χ4v) is 2.53. The number of benzene rings is 2. The maximum absolute atomic E-state index is 13.5. The Kier molecular flexibility index (Phi) is 3.63. The molecule has 1 N–H and O–H groups in total. The zero-order valence-electron chi connectivity index (χ0n) is 11.9. The number of anilines is 1. The summed E-state index contributed by atoms with van der Waals surface area (Å²) in [4.78, 5) is 12.1. The van der Waals surface area contributed by atoms with Gasteiger partial charge < -0.3 is 9.88 Å². The first-order chi connectivity index (χ1) is 10.5. The standard InChI is InChI=1S/C17H14F2N2O/c1-21-10-11(13-4-2-3-5-16(13)21)8-17(22)20-15-9-12(18)6-7-14(15)19/h2-7,9-10H,8H2,1H3,(H,20,22). The Morgan fingerprint density at radius 2 is 1.95 bits per heavy atom. The minimum absolute atomic E-state index is 0.0946. The van der Waals surface area contributed by atoms with E-state index in [9.17, 15) is 13.6 Å². The highest BCUT2D eigenvalue weighted by atomic mass is 19.1. The van der Waals surface area contributed by atoms with E-state index >= 15 is 0 Å². The Labute approximate surface area is 126 Å². The second-order valence-electron chi connectivity index (χ2n) is 5.13. The maximum atomic E-state index is 13.5. The van der Waals surface area contributed by atoms with E-state index in [1.165, 1.54) is 0 Å². The lowest BCUT2D eigenvalue weighted by Gasteiger charge is -2.06. The number of hydrogen-bond donors (Lipinski definition) is 1. The molecule has 0 aliphatic rings. The first kappa shape index (κ1) is 14.3. The van der Waals surface area contributed by atoms with Crippen LogP contribution < -0.4 is 5.32 Å². The normalized spacial score (nSPS) is 10.9. The summed E-state index contributed by atoms with van der Waals surface area (Å²) in [6.07, 6.45) is 1.96. The minimum atomic E-state index is -0.660. The smallest absolute Gasteiger partial charge is 0.228 e. The van der Waals surface area contributed by atoms with Gasteiger partial charge in [0.05, 0.1) is 12.1 Å². The highest BCUT2D eigenvalue weighted by Crippen LogP contribution is 2.21. The van der Waals surface area contributed by atoms with Crippen molar-refractivity contribution in [2.24, 2.45) is 7.05 Å². The summed E-state index contributed by atoms with van der Waals surface area (Å²) < 4.78 is 28.6. The Balaban J connectivity index is 1.83. The molecule has 0 fully saturated rings. The van der Waals surface area contributed by atoms with Crippen molar-refractivity contribution in [3.63, 3.8) is 0 Å². The number of aryl methyl sites for hydroxylation is 1. The number of nitrogens with one attached hydrogen (secondary N) is 1. The van der Waals surface area contributed by atoms with Crippen LogP contribution in [-0.2, 0) is 18.3 Å². The van der Waals surface area contributed by atoms with Crippen molar-refractivity contribution in [3.8, 4) is 0 Å². The van der Waals surface area contributed by atoms with Crippen molar-refractivity contribution in [2.45, 2.75) is 6.42 Å². The van der Waals surface area contributed by atoms with Crippen LogP contribution in [0.25, 0.3) is 10.9 Å². The molecular weight excluding hydrogens is 286 g/mol. The van der Waals surface area contributed by atoms with E-state index in [0.29, 0.717) is 0 Å². The lowest BCUT2D eigenvalue weighted by atomic mass is 10.1. The number of amides is 1. The lowest BCUT2D eigenvalue weighted by Crippen LogP contribution is -2.15. The Morgan fingerprint density at radius 3 is 2.77 bits per heavy atom. The number of carbonyl (C=O) groups is 1. The molecule has 0 atom stereocenters. The number of para-hydroxylation sites is 1. The molecule has 3 nitrogen and oxygen atoms in total. The minimum Gasteiger partial charge on any atom is -0.350 e. The Hall–Kier alpha value is -2.69. The summed E-state index contributed by atoms with van der Waals surface area (Å²) in [6, 6.07) is 10.7. The molecule has 0 saturated heterocycles. The van der Waals surface area contributed by atoms with Crippen molar-refractivity contribution in [2.75, 3.05) is 5.32 Å². The first-order valence-electron chi connectivity index (χ1n) is 6.82. The summed E-state index contributed by atoms with van der Waals surface area (Å²) in [5, 5.41) is 3.38. The van der Waals surface area contributed by atoms with Crippen LogP contribution in [0.4, 0.5) is 14.5 Å². The van der Waals surface area contributed by atoms with Gasteiger partial charge in [-0.25, -0.2) is 8.78 Å². The molecule has 1 heterocycles. The van der Waals surface area contributed by atoms with E-state index in [4.69, 9.17) is 0 Å². The fourth-order valence-electron chi connectivity index (χ4n) is 2.53. The Bertz CT molecular complexity index is 855. The molecule has 5 heteroatoms. The van der Waals surface area contributed by atoms with Crippen LogP contribution >= 0.6 is 0 Å². The highest BCUT2D eigenvalue weighted by molar-refractivity contribution is 5.96. The van der Waals surface area contributed by atoms with E-state index in [1.807, 2.05) is 42.1 Å². The van der Waals surface area contributed by atoms with Gasteiger partial charge in [0.1, 0.15) is 11.6 Å². The molecule has 3 aromatic rings. The van der Waals surface area contributed by atoms with Crippen molar-refractivity contribution in [1.82, 2.24) is 4.57 Å². The molecule has 3 rings (SSSR count). The molecule has 22 heavy (non-hydrogen) atoms. The third kappa shape index (κ3) is 2.70. The van der Waals surface area contributed by atoms with Crippen molar-refractivity contribution in [1.29, 1.82) is 0 Å². The quantitative estimate of drug-likeness (QED) is 0.787. The van der Waals surface area contributed by atoms with Gasteiger partial charge in [0.2, 0.25) is 5.91 Å². The molecule has 0 saturated carbocycles. The zero-order valence-corrected chi connectivity index (χ0v) is 11.9. The third-order valence-electron chi connectivity index (χ3n) is 3.53. The third-order valence-corrected chi connectivity index (χ3v) is 3.53. The number of halogens is 2. The van der Waals surface area contributed by atoms with Gasteiger partial charge in [-0.15, -0.1) is 0 Å². The second-order valence-corrected chi connectivity index (χ2v) is 5.13. The summed E-state index contributed by atoms with van der Waals surface area (Å²) >= 11 is 0. The second kappa shape index (κ2) is 5.60. The molecule has 2 aromatic carbocycles. The molecule has 0 aliphatic heterocycles. The van der Waals surface area contributed by atoms with E-state index in [2.05, 4.69) is 5.32 Å². The number of rotatable bonds is 3. The van der Waals surface area contributed by atoms with E-state index in [1.54, 1.807) is 0 Å². The van der Waals surface area contributed by atoms with Gasteiger partial charge in [-0.2, -0.15) is 0 Å². The van der Waals surface area contributed by atoms with Crippen molar-refractivity contribution in [3.05, 3.63) is 65.9 Å². The number of nitrogens with zero attached hydrogens (tertiary/aromatic N) is 1. The summed E-state index contributed by atoms with van der Waals surface area (Å²) in [7, 11) is 1.90. The summed E-state index contributed by atoms with van der Waals surface area (Å²) in [6.45, 7) is 0. The molecule has 0 bridgehead atoms. The first-order valence-corrected chi connectivity index (χ1v) is 6.82. The van der Waals surface area contributed by atoms with E-state index in [0.717, 1.165) is 34.7 Å². The SMILES string of the molecule is Cn1cc(CC(=O)Nc2cc(F)ccc2F)c2ccccc21. The molecule has 112 valence electrons. The van der Waals surface area contributed by atoms with Crippen LogP contribution in [0.15, 0.2) is 48.7 Å². The number of aromatic nitrogens is 1. The average Bonchev–Trinajstić information content (AvgIpc) is 2.80. The van der Waals surface area contributed by atoms with Crippen LogP contribution in [0, 0.1) is 11.6 Å². The number of fused-ring (bicyclic) bond motifs is 1. The zero-order chi connectivity index (χ0) is 15.7. The number of hydrogen-bond acceptors (Lipinski definition) is 1. The van der Waals surface area contributed by atoms with Crippen molar-refractivity contribution < 1.29 is 13.6 Å². The predicted molar refractivity (Wildman–Crippen MR) is 81.6 cm³/mol. The Morgan fingerprint density at radius 1 is 1.18 bits per heavy atom. The molecule has 0 radical (unpaired) electrons. The van der Waals surface area contributed by atoms with Crippen LogP contribution in [0.3, 0.4) is 0 Å². The number of carbonyl (C=O) groups excluding carboxylic acids is 1. The molecule has 0 spiro atoms. The molecular formula is C17H14F2N2O. The van der Waals surface area contributed by atoms with Crippen molar-refractivity contribution >= 4 is 22.5 Å². The largest absolute Gasteiger partial charge is 0.350 e. The van der Waals surface area contributed by atoms with Crippen LogP contribution in [0.1, 0.15) is 5.56 Å². The molecule has 1 aromatic heterocycles. The van der Waals surface area contributed by atoms with Crippen LogP contribution in [0.5, 0.6) is 0 Å². The van der Waals surface area contributed by atoms with Gasteiger partial charge >= 0.3 is 0 Å². The molecule has 0 unspecified atom stereocenters. The molecule has 0 aliphatic carbocycles. The molecule has 1 amide bonds. The fraction of sp³-hybridized carbons (Fsp3) is 0.118. The maximum Gasteiger partial charge on any atom is 0.228 e. The van der Waals surface area contributed by atoms with E-state index in [-0.39, 0.29) is 18.0 Å². The highest BCUT2D eigenvalue weighted by Gasteiger charge is 2.12. The van der Waals surface area contributed by atoms with Gasteiger partial charge in [0, 0.05) is 30.2 Å². The summed E-state index contributed by atoms with van der Waals surface area (Å²) in [5.74, 6) is -1.64. The topological polar surface area (TPSA) is 34.0 Å². The monoisotopic (exact) mass is 300 g/mol. The van der Waals surface area contributed by atoms with Gasteiger partial charge in [-0.3, -0.25) is 4.79 Å². The van der Waals surface area contributed by atoms with E-state index < -0.39 is 11.6 Å². The van der Waals surface area contributed by atoms with Gasteiger partial charge in [-0.1, -0.05) is 18.2 Å². The lowest BCUT2D eigenvalue weighted by molar-refractivity contribution is -0.115.